The second-order valence-electron chi connectivity index (χ2n) is 9.50. The zero-order chi connectivity index (χ0) is 28.4. The van der Waals surface area contributed by atoms with E-state index in [0.717, 1.165) is 23.0 Å². The Morgan fingerprint density at radius 2 is 1.85 bits per heavy atom. The van der Waals surface area contributed by atoms with Crippen molar-refractivity contribution >= 4 is 17.2 Å². The lowest BCUT2D eigenvalue weighted by Crippen LogP contribution is -2.52. The first-order chi connectivity index (χ1) is 19.3. The number of aromatic nitrogens is 3. The van der Waals surface area contributed by atoms with E-state index in [9.17, 15) is 18.4 Å². The Morgan fingerprint density at radius 3 is 2.55 bits per heavy atom. The van der Waals surface area contributed by atoms with Gasteiger partial charge in [0.2, 0.25) is 5.43 Å². The van der Waals surface area contributed by atoms with Crippen LogP contribution >= 0.6 is 11.3 Å². The van der Waals surface area contributed by atoms with Gasteiger partial charge in [0.25, 0.3) is 5.91 Å². The Bertz CT molecular complexity index is 1590. The third kappa shape index (κ3) is 5.26. The van der Waals surface area contributed by atoms with E-state index >= 15 is 0 Å². The fraction of sp³-hybridized carbons (Fsp3) is 0.310. The molecule has 2 aromatic heterocycles. The van der Waals surface area contributed by atoms with Gasteiger partial charge in [0.15, 0.2) is 16.5 Å². The first-order valence-corrected chi connectivity index (χ1v) is 13.7. The number of benzene rings is 2. The monoisotopic (exact) mass is 566 g/mol. The normalized spacial score (nSPS) is 16.7. The van der Waals surface area contributed by atoms with Crippen LogP contribution in [0.1, 0.15) is 46.5 Å². The van der Waals surface area contributed by atoms with Gasteiger partial charge in [-0.25, -0.2) is 8.78 Å². The van der Waals surface area contributed by atoms with E-state index in [4.69, 9.17) is 9.47 Å². The number of rotatable bonds is 9. The number of fused-ring (bicyclic) bond motifs is 1. The largest absolute Gasteiger partial charge is 0.483 e. The van der Waals surface area contributed by atoms with Crippen LogP contribution in [0.4, 0.5) is 8.78 Å². The number of carbonyl (C=O) groups excluding carboxylic acids is 1. The maximum absolute atomic E-state index is 14.2. The van der Waals surface area contributed by atoms with Crippen LogP contribution in [0.25, 0.3) is 10.6 Å². The fourth-order valence-electron chi connectivity index (χ4n) is 4.93. The highest BCUT2D eigenvalue weighted by Gasteiger charge is 2.40. The molecule has 0 spiro atoms. The number of carbonyl (C=O) groups is 1. The van der Waals surface area contributed by atoms with E-state index < -0.39 is 17.1 Å². The topological polar surface area (TPSA) is 86.5 Å². The molecule has 2 atom stereocenters. The number of nitrogens with zero attached hydrogens (tertiary/aromatic N) is 4. The molecular formula is C29H28F2N4O4S. The second-order valence-corrected chi connectivity index (χ2v) is 10.6. The van der Waals surface area contributed by atoms with Crippen molar-refractivity contribution in [2.24, 2.45) is 0 Å². The van der Waals surface area contributed by atoms with Gasteiger partial charge in [-0.2, -0.15) is 0 Å². The Hall–Kier alpha value is -3.96. The molecule has 0 radical (unpaired) electrons. The minimum atomic E-state index is -0.681. The summed E-state index contributed by atoms with van der Waals surface area (Å²) in [6.45, 7) is 4.68. The third-order valence-corrected chi connectivity index (χ3v) is 7.97. The lowest BCUT2D eigenvalue weighted by Gasteiger charge is -2.41. The second kappa shape index (κ2) is 11.6. The summed E-state index contributed by atoms with van der Waals surface area (Å²) in [5, 5.41) is 9.13. The van der Waals surface area contributed by atoms with E-state index in [1.54, 1.807) is 22.8 Å². The van der Waals surface area contributed by atoms with Crippen molar-refractivity contribution in [3.05, 3.63) is 98.4 Å². The first kappa shape index (κ1) is 27.6. The minimum Gasteiger partial charge on any atom is -0.483 e. The maximum atomic E-state index is 14.2. The molecule has 11 heteroatoms. The summed E-state index contributed by atoms with van der Waals surface area (Å²) < 4.78 is 40.8. The molecule has 8 nitrogen and oxygen atoms in total. The summed E-state index contributed by atoms with van der Waals surface area (Å²) in [7, 11) is 1.58. The molecule has 0 saturated carbocycles. The maximum Gasteiger partial charge on any atom is 0.274 e. The van der Waals surface area contributed by atoms with Gasteiger partial charge in [-0.1, -0.05) is 47.7 Å². The molecule has 1 aliphatic heterocycles. The number of ether oxygens (including phenoxy) is 2. The van der Waals surface area contributed by atoms with E-state index in [1.807, 2.05) is 44.2 Å². The number of methoxy groups -OCH3 is 1. The Labute approximate surface area is 233 Å². The molecule has 0 aliphatic carbocycles. The van der Waals surface area contributed by atoms with E-state index in [-0.39, 0.29) is 53.6 Å². The van der Waals surface area contributed by atoms with Gasteiger partial charge in [-0.05, 0) is 31.0 Å². The molecule has 5 rings (SSSR count). The van der Waals surface area contributed by atoms with Gasteiger partial charge in [-0.3, -0.25) is 9.59 Å². The fourth-order valence-corrected chi connectivity index (χ4v) is 5.80. The SMILES string of the molecule is CCN1C(=O)c2c(OCc3ccccc3)c(=O)c(-c3nnc(Cc4ccc(F)cc4F)s3)cn2[C@H](C)[C@H]1COC. The van der Waals surface area contributed by atoms with Gasteiger partial charge in [-0.15, -0.1) is 10.2 Å². The highest BCUT2D eigenvalue weighted by atomic mass is 32.1. The Kier molecular flexibility index (Phi) is 8.04. The van der Waals surface area contributed by atoms with Crippen LogP contribution < -0.4 is 10.2 Å². The highest BCUT2D eigenvalue weighted by Crippen LogP contribution is 2.34. The number of hydrogen-bond donors (Lipinski definition) is 0. The first-order valence-electron chi connectivity index (χ1n) is 12.8. The number of amides is 1. The Balaban J connectivity index is 1.59. The molecule has 40 heavy (non-hydrogen) atoms. The van der Waals surface area contributed by atoms with Crippen LogP contribution in [-0.4, -0.2) is 51.9 Å². The molecule has 1 amide bonds. The van der Waals surface area contributed by atoms with Crippen molar-refractivity contribution in [2.45, 2.75) is 39.0 Å². The number of likely N-dealkylation sites (N-methyl/N-ethyl adjacent to an activating group) is 1. The van der Waals surface area contributed by atoms with Crippen molar-refractivity contribution in [3.63, 3.8) is 0 Å². The van der Waals surface area contributed by atoms with Crippen LogP contribution in [0.5, 0.6) is 5.75 Å². The van der Waals surface area contributed by atoms with Crippen molar-refractivity contribution in [2.75, 3.05) is 20.3 Å². The molecule has 208 valence electrons. The van der Waals surface area contributed by atoms with Gasteiger partial charge >= 0.3 is 0 Å². The number of hydrogen-bond acceptors (Lipinski definition) is 7. The summed E-state index contributed by atoms with van der Waals surface area (Å²) in [6, 6.07) is 12.2. The number of halogens is 2. The number of pyridine rings is 1. The van der Waals surface area contributed by atoms with Crippen molar-refractivity contribution in [1.82, 2.24) is 19.7 Å². The lowest BCUT2D eigenvalue weighted by molar-refractivity contribution is 0.0326. The van der Waals surface area contributed by atoms with Gasteiger partial charge in [0.1, 0.15) is 23.2 Å². The van der Waals surface area contributed by atoms with Gasteiger partial charge in [0.05, 0.1) is 24.3 Å². The molecule has 0 fully saturated rings. The van der Waals surface area contributed by atoms with E-state index in [2.05, 4.69) is 10.2 Å². The summed E-state index contributed by atoms with van der Waals surface area (Å²) in [4.78, 5) is 29.3. The van der Waals surface area contributed by atoms with Gasteiger partial charge < -0.3 is 18.9 Å². The quantitative estimate of drug-likeness (QED) is 0.288. The zero-order valence-corrected chi connectivity index (χ0v) is 23.1. The predicted molar refractivity (Wildman–Crippen MR) is 147 cm³/mol. The zero-order valence-electron chi connectivity index (χ0n) is 22.3. The summed E-state index contributed by atoms with van der Waals surface area (Å²) in [5.74, 6) is -1.73. The van der Waals surface area contributed by atoms with Crippen molar-refractivity contribution in [3.8, 4) is 16.3 Å². The lowest BCUT2D eigenvalue weighted by atomic mass is 10.0. The molecule has 1 aliphatic rings. The van der Waals surface area contributed by atoms with Crippen LogP contribution in [0.3, 0.4) is 0 Å². The van der Waals surface area contributed by atoms with Crippen LogP contribution in [0.15, 0.2) is 59.5 Å². The molecule has 0 N–H and O–H groups in total. The minimum absolute atomic E-state index is 0.0613. The Morgan fingerprint density at radius 1 is 1.07 bits per heavy atom. The molecule has 0 unspecified atom stereocenters. The standard InChI is InChI=1S/C29H28F2N4O4S/c1-4-34-23(16-38-3)17(2)35-14-21(28-33-32-24(40-28)12-19-10-11-20(30)13-22(19)31)26(36)27(25(35)29(34)37)39-15-18-8-6-5-7-9-18/h5-11,13-14,17,23H,4,12,15-16H2,1-3H3/t17-,23-/m1/s1. The third-order valence-electron chi connectivity index (χ3n) is 7.01. The molecule has 0 saturated heterocycles. The molecule has 2 aromatic carbocycles. The molecule has 3 heterocycles. The van der Waals surface area contributed by atoms with Crippen LogP contribution in [-0.2, 0) is 17.8 Å². The smallest absolute Gasteiger partial charge is 0.274 e. The summed E-state index contributed by atoms with van der Waals surface area (Å²) in [5.41, 5.74) is 1.01. The molecular weight excluding hydrogens is 538 g/mol. The molecule has 4 aromatic rings. The summed E-state index contributed by atoms with van der Waals surface area (Å²) in [6.07, 6.45) is 1.71. The average Bonchev–Trinajstić information content (AvgIpc) is 3.41. The van der Waals surface area contributed by atoms with Crippen LogP contribution in [0, 0.1) is 11.6 Å². The average molecular weight is 567 g/mol. The predicted octanol–water partition coefficient (Wildman–Crippen LogP) is 4.87. The van der Waals surface area contributed by atoms with E-state index in [0.29, 0.717) is 23.2 Å². The van der Waals surface area contributed by atoms with E-state index in [1.165, 1.54) is 12.1 Å². The van der Waals surface area contributed by atoms with Crippen LogP contribution in [0.2, 0.25) is 0 Å². The van der Waals surface area contributed by atoms with Crippen molar-refractivity contribution in [1.29, 1.82) is 0 Å². The summed E-state index contributed by atoms with van der Waals surface area (Å²) >= 11 is 1.13. The van der Waals surface area contributed by atoms with Gasteiger partial charge in [0, 0.05) is 32.3 Å². The molecule has 0 bridgehead atoms. The highest BCUT2D eigenvalue weighted by molar-refractivity contribution is 7.14. The van der Waals surface area contributed by atoms with Crippen molar-refractivity contribution < 1.29 is 23.0 Å².